The molecule has 0 radical (unpaired) electrons. The second-order valence-corrected chi connectivity index (χ2v) is 9.22. The van der Waals surface area contributed by atoms with Gasteiger partial charge in [0, 0.05) is 34.9 Å². The number of halogens is 1. The summed E-state index contributed by atoms with van der Waals surface area (Å²) in [5, 5.41) is 7.54. The summed E-state index contributed by atoms with van der Waals surface area (Å²) in [6.45, 7) is 0. The number of carbonyl (C=O) groups excluding carboxylic acids is 1. The number of nitrogens with zero attached hydrogens (tertiary/aromatic N) is 3. The molecule has 152 valence electrons. The minimum Gasteiger partial charge on any atom is -0.326 e. The lowest BCUT2D eigenvalue weighted by atomic mass is 10.1. The Morgan fingerprint density at radius 2 is 1.97 bits per heavy atom. The van der Waals surface area contributed by atoms with Gasteiger partial charge in [0.1, 0.15) is 0 Å². The summed E-state index contributed by atoms with van der Waals surface area (Å²) in [7, 11) is -3.51. The summed E-state index contributed by atoms with van der Waals surface area (Å²) in [6.07, 6.45) is 7.78. The van der Waals surface area contributed by atoms with Crippen LogP contribution in [0.25, 0.3) is 16.6 Å². The van der Waals surface area contributed by atoms with Crippen LogP contribution >= 0.6 is 11.6 Å². The van der Waals surface area contributed by atoms with E-state index in [0.717, 1.165) is 11.8 Å². The topological polar surface area (TPSA) is 93.4 Å². The van der Waals surface area contributed by atoms with Gasteiger partial charge in [-0.1, -0.05) is 29.8 Å². The van der Waals surface area contributed by atoms with E-state index in [1.807, 2.05) is 0 Å². The first-order valence-corrected chi connectivity index (χ1v) is 11.2. The summed E-state index contributed by atoms with van der Waals surface area (Å²) in [4.78, 5) is 16.8. The molecule has 2 aromatic carbocycles. The van der Waals surface area contributed by atoms with Crippen molar-refractivity contribution in [2.45, 2.75) is 11.3 Å². The molecule has 0 unspecified atom stereocenters. The third-order valence-corrected chi connectivity index (χ3v) is 6.02. The molecular weight excluding hydrogens is 424 g/mol. The molecule has 4 rings (SSSR count). The zero-order valence-corrected chi connectivity index (χ0v) is 17.5. The largest absolute Gasteiger partial charge is 0.326 e. The van der Waals surface area contributed by atoms with Crippen LogP contribution in [0.15, 0.2) is 72.1 Å². The van der Waals surface area contributed by atoms with Crippen molar-refractivity contribution in [3.63, 3.8) is 0 Å². The Bertz CT molecular complexity index is 1370. The monoisotopic (exact) mass is 440 g/mol. The maximum Gasteiger partial charge on any atom is 0.228 e. The number of carbonyl (C=O) groups is 1. The van der Waals surface area contributed by atoms with Crippen molar-refractivity contribution in [1.29, 1.82) is 0 Å². The van der Waals surface area contributed by atoms with Crippen molar-refractivity contribution in [3.8, 4) is 11.1 Å². The number of rotatable bonds is 5. The Morgan fingerprint density at radius 3 is 2.73 bits per heavy atom. The molecule has 1 N–H and O–H groups in total. The minimum atomic E-state index is -3.51. The van der Waals surface area contributed by atoms with Crippen molar-refractivity contribution in [2.75, 3.05) is 11.6 Å². The first-order chi connectivity index (χ1) is 14.3. The average Bonchev–Trinajstić information content (AvgIpc) is 3.13. The zero-order valence-electron chi connectivity index (χ0n) is 15.9. The van der Waals surface area contributed by atoms with Gasteiger partial charge in [0.15, 0.2) is 9.84 Å². The second-order valence-electron chi connectivity index (χ2n) is 6.80. The van der Waals surface area contributed by atoms with E-state index in [0.29, 0.717) is 27.4 Å². The SMILES string of the molecule is CS(=O)(=O)c1cc(NC(=O)Cc2ccccc2Cl)cc(-c2cnn3ccncc23)c1. The second kappa shape index (κ2) is 7.89. The van der Waals surface area contributed by atoms with E-state index in [4.69, 9.17) is 11.6 Å². The fraction of sp³-hybridized carbons (Fsp3) is 0.0952. The summed E-state index contributed by atoms with van der Waals surface area (Å²) in [5.74, 6) is -0.304. The molecular formula is C21H17ClN4O3S. The van der Waals surface area contributed by atoms with Crippen LogP contribution in [0.3, 0.4) is 0 Å². The van der Waals surface area contributed by atoms with Crippen LogP contribution in [0.1, 0.15) is 5.56 Å². The third-order valence-electron chi connectivity index (χ3n) is 4.56. The van der Waals surface area contributed by atoms with Gasteiger partial charge in [-0.25, -0.2) is 12.9 Å². The van der Waals surface area contributed by atoms with Crippen LogP contribution in [0.4, 0.5) is 5.69 Å². The van der Waals surface area contributed by atoms with Crippen molar-refractivity contribution in [1.82, 2.24) is 14.6 Å². The fourth-order valence-corrected chi connectivity index (χ4v) is 4.00. The van der Waals surface area contributed by atoms with E-state index in [1.165, 1.54) is 6.07 Å². The number of benzene rings is 2. The van der Waals surface area contributed by atoms with Crippen molar-refractivity contribution < 1.29 is 13.2 Å². The van der Waals surface area contributed by atoms with Gasteiger partial charge in [-0.3, -0.25) is 9.78 Å². The van der Waals surface area contributed by atoms with Gasteiger partial charge < -0.3 is 5.32 Å². The lowest BCUT2D eigenvalue weighted by molar-refractivity contribution is -0.115. The summed E-state index contributed by atoms with van der Waals surface area (Å²) in [6, 6.07) is 11.8. The summed E-state index contributed by atoms with van der Waals surface area (Å²) >= 11 is 6.13. The maximum absolute atomic E-state index is 12.6. The quantitative estimate of drug-likeness (QED) is 0.511. The van der Waals surface area contributed by atoms with Crippen molar-refractivity contribution in [2.24, 2.45) is 0 Å². The molecule has 0 atom stereocenters. The molecule has 9 heteroatoms. The fourth-order valence-electron chi connectivity index (χ4n) is 3.12. The van der Waals surface area contributed by atoms with Crippen LogP contribution in [-0.4, -0.2) is 35.2 Å². The number of nitrogens with one attached hydrogen (secondary N) is 1. The number of sulfone groups is 1. The number of aromatic nitrogens is 3. The molecule has 30 heavy (non-hydrogen) atoms. The van der Waals surface area contributed by atoms with Crippen LogP contribution < -0.4 is 5.32 Å². The number of amides is 1. The third kappa shape index (κ3) is 4.19. The van der Waals surface area contributed by atoms with Gasteiger partial charge >= 0.3 is 0 Å². The molecule has 0 aliphatic heterocycles. The standard InChI is InChI=1S/C21H17ClN4O3S/c1-30(28,29)17-9-15(18-12-24-26-7-6-23-13-20(18)26)8-16(11-17)25-21(27)10-14-4-2-3-5-19(14)22/h2-9,11-13H,10H2,1H3,(H,25,27). The summed E-state index contributed by atoms with van der Waals surface area (Å²) < 4.78 is 26.1. The molecule has 0 aliphatic rings. The molecule has 0 saturated carbocycles. The number of hydrogen-bond acceptors (Lipinski definition) is 5. The molecule has 2 aromatic heterocycles. The highest BCUT2D eigenvalue weighted by Crippen LogP contribution is 2.30. The molecule has 4 aromatic rings. The molecule has 0 bridgehead atoms. The highest BCUT2D eigenvalue weighted by Gasteiger charge is 2.16. The van der Waals surface area contributed by atoms with Gasteiger partial charge in [0.05, 0.1) is 29.2 Å². The Morgan fingerprint density at radius 1 is 1.17 bits per heavy atom. The predicted molar refractivity (Wildman–Crippen MR) is 115 cm³/mol. The van der Waals surface area contributed by atoms with Crippen LogP contribution in [-0.2, 0) is 21.1 Å². The molecule has 2 heterocycles. The van der Waals surface area contributed by atoms with Crippen LogP contribution in [0.2, 0.25) is 5.02 Å². The molecule has 0 saturated heterocycles. The van der Waals surface area contributed by atoms with E-state index in [1.54, 1.807) is 65.7 Å². The van der Waals surface area contributed by atoms with Gasteiger partial charge in [0.25, 0.3) is 0 Å². The Balaban J connectivity index is 1.72. The van der Waals surface area contributed by atoms with E-state index in [9.17, 15) is 13.2 Å². The number of fused-ring (bicyclic) bond motifs is 1. The number of anilines is 1. The number of hydrogen-bond donors (Lipinski definition) is 1. The Labute approximate surface area is 178 Å². The smallest absolute Gasteiger partial charge is 0.228 e. The zero-order chi connectivity index (χ0) is 21.3. The highest BCUT2D eigenvalue weighted by molar-refractivity contribution is 7.90. The van der Waals surface area contributed by atoms with Gasteiger partial charge in [-0.05, 0) is 35.4 Å². The van der Waals surface area contributed by atoms with Gasteiger partial charge in [0.2, 0.25) is 5.91 Å². The first-order valence-electron chi connectivity index (χ1n) is 8.97. The minimum absolute atomic E-state index is 0.0682. The molecule has 7 nitrogen and oxygen atoms in total. The van der Waals surface area contributed by atoms with Crippen LogP contribution in [0.5, 0.6) is 0 Å². The van der Waals surface area contributed by atoms with E-state index in [-0.39, 0.29) is 17.2 Å². The average molecular weight is 441 g/mol. The maximum atomic E-state index is 12.6. The Kier molecular flexibility index (Phi) is 5.27. The highest BCUT2D eigenvalue weighted by atomic mass is 35.5. The Hall–Kier alpha value is -3.23. The van der Waals surface area contributed by atoms with E-state index < -0.39 is 9.84 Å². The molecule has 0 fully saturated rings. The molecule has 0 spiro atoms. The van der Waals surface area contributed by atoms with Gasteiger partial charge in [-0.2, -0.15) is 5.10 Å². The predicted octanol–water partition coefficient (Wildman–Crippen LogP) is 3.63. The lowest BCUT2D eigenvalue weighted by Gasteiger charge is -2.11. The van der Waals surface area contributed by atoms with Crippen molar-refractivity contribution in [3.05, 3.63) is 77.8 Å². The molecule has 0 aliphatic carbocycles. The summed E-state index contributed by atoms with van der Waals surface area (Å²) in [5.41, 5.74) is 3.08. The van der Waals surface area contributed by atoms with Crippen molar-refractivity contribution >= 4 is 38.5 Å². The normalized spacial score (nSPS) is 11.5. The first kappa shape index (κ1) is 20.1. The van der Waals surface area contributed by atoms with E-state index >= 15 is 0 Å². The van der Waals surface area contributed by atoms with Gasteiger partial charge in [-0.15, -0.1) is 0 Å². The van der Waals surface area contributed by atoms with E-state index in [2.05, 4.69) is 15.4 Å². The van der Waals surface area contributed by atoms with Crippen LogP contribution in [0, 0.1) is 0 Å². The lowest BCUT2D eigenvalue weighted by Crippen LogP contribution is -2.15. The molecule has 1 amide bonds.